The van der Waals surface area contributed by atoms with Crippen LogP contribution >= 0.6 is 11.8 Å². The van der Waals surface area contributed by atoms with E-state index in [0.29, 0.717) is 21.5 Å². The fourth-order valence-electron chi connectivity index (χ4n) is 3.02. The molecule has 168 valence electrons. The molecule has 0 aliphatic carbocycles. The predicted molar refractivity (Wildman–Crippen MR) is 117 cm³/mol. The maximum atomic E-state index is 14.1. The second kappa shape index (κ2) is 9.61. The molecule has 6 nitrogen and oxygen atoms in total. The van der Waals surface area contributed by atoms with E-state index in [1.165, 1.54) is 54.2 Å². The molecular formula is C21H18F3N3O3S2. The van der Waals surface area contributed by atoms with Crippen molar-refractivity contribution in [2.45, 2.75) is 16.5 Å². The van der Waals surface area contributed by atoms with Crippen molar-refractivity contribution >= 4 is 39.6 Å². The van der Waals surface area contributed by atoms with E-state index in [2.05, 4.69) is 4.98 Å². The van der Waals surface area contributed by atoms with E-state index < -0.39 is 33.0 Å². The van der Waals surface area contributed by atoms with Crippen LogP contribution < -0.4 is 9.21 Å². The monoisotopic (exact) mass is 481 g/mol. The average Bonchev–Trinajstić information content (AvgIpc) is 2.77. The second-order valence-corrected chi connectivity index (χ2v) is 9.25. The third-order valence-corrected chi connectivity index (χ3v) is 6.97. The van der Waals surface area contributed by atoms with Gasteiger partial charge in [0.2, 0.25) is 6.41 Å². The molecule has 1 amide bonds. The standard InChI is InChI=1S/C21H18F3N3O3S2/c1-26(12-16-17(23)9-14(22)10-18(16)24)19-5-3-4-6-20(19)32(29,30)27(13-28)15-7-8-21(31-2)25-11-15/h3-11,13H,12H2,1-2H3. The van der Waals surface area contributed by atoms with Gasteiger partial charge in [-0.2, -0.15) is 0 Å². The minimum atomic E-state index is -4.39. The lowest BCUT2D eigenvalue weighted by atomic mass is 10.1. The number of nitrogens with zero attached hydrogens (tertiary/aromatic N) is 3. The zero-order valence-corrected chi connectivity index (χ0v) is 18.6. The summed E-state index contributed by atoms with van der Waals surface area (Å²) in [5.74, 6) is -3.24. The van der Waals surface area contributed by atoms with E-state index in [1.54, 1.807) is 18.4 Å². The highest BCUT2D eigenvalue weighted by atomic mass is 32.2. The SMILES string of the molecule is CSc1ccc(N(C=O)S(=O)(=O)c2ccccc2N(C)Cc2c(F)cc(F)cc2F)cn1. The summed E-state index contributed by atoms with van der Waals surface area (Å²) in [7, 11) is -2.96. The van der Waals surface area contributed by atoms with Crippen molar-refractivity contribution in [3.05, 3.63) is 77.7 Å². The minimum absolute atomic E-state index is 0.0332. The lowest BCUT2D eigenvalue weighted by Crippen LogP contribution is -2.31. The molecule has 0 bridgehead atoms. The highest BCUT2D eigenvalue weighted by molar-refractivity contribution is 7.98. The zero-order valence-electron chi connectivity index (χ0n) is 17.0. The first-order valence-electron chi connectivity index (χ1n) is 9.12. The van der Waals surface area contributed by atoms with Gasteiger partial charge in [-0.1, -0.05) is 12.1 Å². The summed E-state index contributed by atoms with van der Waals surface area (Å²) in [6, 6.07) is 9.83. The number of carbonyl (C=O) groups excluding carboxylic acids is 1. The van der Waals surface area contributed by atoms with Gasteiger partial charge < -0.3 is 4.90 Å². The van der Waals surface area contributed by atoms with Crippen molar-refractivity contribution in [2.24, 2.45) is 0 Å². The molecule has 0 saturated heterocycles. The number of halogens is 3. The Labute approximate surface area is 187 Å². The van der Waals surface area contributed by atoms with Crippen LogP contribution in [0.15, 0.2) is 64.6 Å². The van der Waals surface area contributed by atoms with Gasteiger partial charge in [-0.15, -0.1) is 11.8 Å². The normalized spacial score (nSPS) is 11.3. The number of benzene rings is 2. The van der Waals surface area contributed by atoms with Crippen LogP contribution in [-0.2, 0) is 21.4 Å². The van der Waals surface area contributed by atoms with Gasteiger partial charge in [-0.05, 0) is 30.5 Å². The largest absolute Gasteiger partial charge is 0.369 e. The molecule has 11 heteroatoms. The molecule has 0 saturated carbocycles. The van der Waals surface area contributed by atoms with E-state index in [-0.39, 0.29) is 29.2 Å². The summed E-state index contributed by atoms with van der Waals surface area (Å²) in [5, 5.41) is 0.639. The number of thioether (sulfide) groups is 1. The van der Waals surface area contributed by atoms with E-state index in [4.69, 9.17) is 0 Å². The van der Waals surface area contributed by atoms with Gasteiger partial charge in [0.1, 0.15) is 22.3 Å². The van der Waals surface area contributed by atoms with E-state index >= 15 is 0 Å². The van der Waals surface area contributed by atoms with Gasteiger partial charge in [0.25, 0.3) is 10.0 Å². The molecule has 32 heavy (non-hydrogen) atoms. The van der Waals surface area contributed by atoms with Crippen molar-refractivity contribution in [3.63, 3.8) is 0 Å². The van der Waals surface area contributed by atoms with Gasteiger partial charge in [0.15, 0.2) is 0 Å². The molecule has 3 rings (SSSR count). The first kappa shape index (κ1) is 23.6. The first-order chi connectivity index (χ1) is 15.2. The zero-order chi connectivity index (χ0) is 23.5. The number of aromatic nitrogens is 1. The van der Waals surface area contributed by atoms with Gasteiger partial charge >= 0.3 is 0 Å². The average molecular weight is 482 g/mol. The molecular weight excluding hydrogens is 463 g/mol. The van der Waals surface area contributed by atoms with Crippen LogP contribution in [0.3, 0.4) is 0 Å². The molecule has 1 aromatic heterocycles. The Hall–Kier alpha value is -3.05. The number of hydrogen-bond acceptors (Lipinski definition) is 6. The van der Waals surface area contributed by atoms with E-state index in [0.717, 1.165) is 0 Å². The Bertz CT molecular complexity index is 1220. The fourth-order valence-corrected chi connectivity index (χ4v) is 4.83. The van der Waals surface area contributed by atoms with Crippen LogP contribution in [0.1, 0.15) is 5.56 Å². The van der Waals surface area contributed by atoms with Crippen molar-refractivity contribution in [1.82, 2.24) is 4.98 Å². The van der Waals surface area contributed by atoms with Crippen molar-refractivity contribution in [1.29, 1.82) is 0 Å². The molecule has 1 heterocycles. The molecule has 0 atom stereocenters. The first-order valence-corrected chi connectivity index (χ1v) is 11.8. The fraction of sp³-hybridized carbons (Fsp3) is 0.143. The Morgan fingerprint density at radius 1 is 1.06 bits per heavy atom. The topological polar surface area (TPSA) is 70.6 Å². The smallest absolute Gasteiger partial charge is 0.272 e. The van der Waals surface area contributed by atoms with Crippen LogP contribution in [0, 0.1) is 17.5 Å². The van der Waals surface area contributed by atoms with Crippen LogP contribution in [0.4, 0.5) is 24.5 Å². The molecule has 0 radical (unpaired) electrons. The number of hydrogen-bond donors (Lipinski definition) is 0. The van der Waals surface area contributed by atoms with Gasteiger partial charge in [0.05, 0.1) is 22.6 Å². The maximum Gasteiger partial charge on any atom is 0.272 e. The van der Waals surface area contributed by atoms with Crippen molar-refractivity contribution in [3.8, 4) is 0 Å². The van der Waals surface area contributed by atoms with Crippen LogP contribution in [0.25, 0.3) is 0 Å². The number of rotatable bonds is 8. The third kappa shape index (κ3) is 4.73. The van der Waals surface area contributed by atoms with Crippen molar-refractivity contribution < 1.29 is 26.4 Å². The number of sulfonamides is 1. The molecule has 0 unspecified atom stereocenters. The minimum Gasteiger partial charge on any atom is -0.369 e. The Morgan fingerprint density at radius 3 is 2.28 bits per heavy atom. The lowest BCUT2D eigenvalue weighted by Gasteiger charge is -2.25. The van der Waals surface area contributed by atoms with E-state index in [9.17, 15) is 26.4 Å². The van der Waals surface area contributed by atoms with Gasteiger partial charge in [0, 0.05) is 31.3 Å². The molecule has 0 N–H and O–H groups in total. The molecule has 0 aliphatic rings. The summed E-state index contributed by atoms with van der Waals surface area (Å²) in [6.07, 6.45) is 3.21. The molecule has 2 aromatic carbocycles. The number of anilines is 2. The van der Waals surface area contributed by atoms with E-state index in [1.807, 2.05) is 0 Å². The number of para-hydroxylation sites is 1. The molecule has 0 spiro atoms. The molecule has 0 fully saturated rings. The molecule has 0 aliphatic heterocycles. The van der Waals surface area contributed by atoms with Gasteiger partial charge in [-0.25, -0.2) is 30.9 Å². The maximum absolute atomic E-state index is 14.1. The van der Waals surface area contributed by atoms with Gasteiger partial charge in [-0.3, -0.25) is 4.79 Å². The number of pyridine rings is 1. The summed E-state index contributed by atoms with van der Waals surface area (Å²) in [6.45, 7) is -0.379. The second-order valence-electron chi connectivity index (χ2n) is 6.64. The third-order valence-electron chi connectivity index (χ3n) is 4.59. The van der Waals surface area contributed by atoms with Crippen LogP contribution in [0.5, 0.6) is 0 Å². The Balaban J connectivity index is 2.01. The lowest BCUT2D eigenvalue weighted by molar-refractivity contribution is -0.106. The quantitative estimate of drug-likeness (QED) is 0.355. The summed E-state index contributed by atoms with van der Waals surface area (Å²) in [5.41, 5.74) is -0.299. The number of carbonyl (C=O) groups is 1. The highest BCUT2D eigenvalue weighted by Gasteiger charge is 2.29. The van der Waals surface area contributed by atoms with Crippen molar-refractivity contribution in [2.75, 3.05) is 22.5 Å². The Kier molecular flexibility index (Phi) is 7.09. The Morgan fingerprint density at radius 2 is 1.72 bits per heavy atom. The molecule has 3 aromatic rings. The summed E-state index contributed by atoms with van der Waals surface area (Å²) < 4.78 is 68.6. The highest BCUT2D eigenvalue weighted by Crippen LogP contribution is 2.31. The number of amides is 1. The predicted octanol–water partition coefficient (Wildman–Crippen LogP) is 4.21. The van der Waals surface area contributed by atoms with Crippen LogP contribution in [0.2, 0.25) is 0 Å². The summed E-state index contributed by atoms with van der Waals surface area (Å²) in [4.78, 5) is 16.9. The van der Waals surface area contributed by atoms with Crippen LogP contribution in [-0.4, -0.2) is 33.1 Å². The summed E-state index contributed by atoms with van der Waals surface area (Å²) >= 11 is 1.35.